The standard InChI is InChI=1S/C9H12Cl2N4O/c1-2-3-5(12)9(16)15-6-7(10)13-4-14-8(6)11/h4-5H,2-3,12H2,1H3,(H,15,16)/t5-/m1/s1. The van der Waals surface area contributed by atoms with Crippen molar-refractivity contribution in [1.29, 1.82) is 0 Å². The third-order valence-corrected chi connectivity index (χ3v) is 2.51. The zero-order valence-corrected chi connectivity index (χ0v) is 10.2. The summed E-state index contributed by atoms with van der Waals surface area (Å²) >= 11 is 11.5. The van der Waals surface area contributed by atoms with Gasteiger partial charge in [-0.25, -0.2) is 9.97 Å². The Kier molecular flexibility index (Phi) is 4.92. The molecule has 0 saturated carbocycles. The van der Waals surface area contributed by atoms with Gasteiger partial charge in [-0.2, -0.15) is 0 Å². The minimum atomic E-state index is -0.586. The number of nitrogens with two attached hydrogens (primary N) is 1. The average Bonchev–Trinajstić information content (AvgIpc) is 2.23. The van der Waals surface area contributed by atoms with Gasteiger partial charge in [-0.1, -0.05) is 36.5 Å². The number of aromatic nitrogens is 2. The predicted molar refractivity (Wildman–Crippen MR) is 63.6 cm³/mol. The SMILES string of the molecule is CCC[C@@H](N)C(=O)Nc1c(Cl)ncnc1Cl. The highest BCUT2D eigenvalue weighted by Gasteiger charge is 2.16. The summed E-state index contributed by atoms with van der Waals surface area (Å²) in [5.41, 5.74) is 5.83. The smallest absolute Gasteiger partial charge is 0.241 e. The van der Waals surface area contributed by atoms with Crippen molar-refractivity contribution in [1.82, 2.24) is 9.97 Å². The molecule has 1 atom stereocenters. The molecule has 0 bridgehead atoms. The van der Waals surface area contributed by atoms with Crippen LogP contribution in [0, 0.1) is 0 Å². The number of carbonyl (C=O) groups is 1. The summed E-state index contributed by atoms with van der Waals surface area (Å²) in [7, 11) is 0. The first-order valence-electron chi connectivity index (χ1n) is 4.78. The Morgan fingerprint density at radius 3 is 2.56 bits per heavy atom. The molecule has 3 N–H and O–H groups in total. The molecule has 0 radical (unpaired) electrons. The van der Waals surface area contributed by atoms with Gasteiger partial charge in [-0.3, -0.25) is 4.79 Å². The van der Waals surface area contributed by atoms with E-state index in [-0.39, 0.29) is 21.9 Å². The number of nitrogens with zero attached hydrogens (tertiary/aromatic N) is 2. The predicted octanol–water partition coefficient (Wildman–Crippen LogP) is 1.85. The lowest BCUT2D eigenvalue weighted by Crippen LogP contribution is -2.35. The van der Waals surface area contributed by atoms with Crippen LogP contribution in [0.5, 0.6) is 0 Å². The summed E-state index contributed by atoms with van der Waals surface area (Å²) in [5, 5.41) is 2.70. The van der Waals surface area contributed by atoms with Crippen molar-refractivity contribution in [3.63, 3.8) is 0 Å². The van der Waals surface area contributed by atoms with E-state index in [0.717, 1.165) is 6.42 Å². The Morgan fingerprint density at radius 1 is 1.50 bits per heavy atom. The van der Waals surface area contributed by atoms with Crippen LogP contribution in [0.3, 0.4) is 0 Å². The van der Waals surface area contributed by atoms with Crippen LogP contribution in [-0.2, 0) is 4.79 Å². The molecule has 0 aliphatic rings. The summed E-state index contributed by atoms with van der Waals surface area (Å²) in [4.78, 5) is 19.0. The summed E-state index contributed by atoms with van der Waals surface area (Å²) in [6.45, 7) is 1.94. The Labute approximate surface area is 103 Å². The van der Waals surface area contributed by atoms with Crippen molar-refractivity contribution in [3.8, 4) is 0 Å². The molecule has 0 spiro atoms. The first-order valence-corrected chi connectivity index (χ1v) is 5.54. The van der Waals surface area contributed by atoms with E-state index in [1.807, 2.05) is 6.92 Å². The number of amides is 1. The molecule has 88 valence electrons. The van der Waals surface area contributed by atoms with E-state index >= 15 is 0 Å². The molecule has 1 rings (SSSR count). The van der Waals surface area contributed by atoms with Crippen LogP contribution in [-0.4, -0.2) is 21.9 Å². The highest BCUT2D eigenvalue weighted by molar-refractivity contribution is 6.38. The molecule has 0 unspecified atom stereocenters. The number of nitrogens with one attached hydrogen (secondary N) is 1. The molecular weight excluding hydrogens is 251 g/mol. The maximum absolute atomic E-state index is 11.6. The highest BCUT2D eigenvalue weighted by atomic mass is 35.5. The molecule has 0 fully saturated rings. The van der Waals surface area contributed by atoms with Gasteiger partial charge >= 0.3 is 0 Å². The molecule has 1 heterocycles. The van der Waals surface area contributed by atoms with Crippen LogP contribution in [0.25, 0.3) is 0 Å². The lowest BCUT2D eigenvalue weighted by Gasteiger charge is -2.12. The largest absolute Gasteiger partial charge is 0.320 e. The molecule has 1 amide bonds. The zero-order chi connectivity index (χ0) is 12.1. The second kappa shape index (κ2) is 5.98. The van der Waals surface area contributed by atoms with Crippen LogP contribution in [0.1, 0.15) is 19.8 Å². The normalized spacial score (nSPS) is 12.2. The molecule has 0 aliphatic heterocycles. The lowest BCUT2D eigenvalue weighted by molar-refractivity contribution is -0.117. The van der Waals surface area contributed by atoms with Gasteiger partial charge in [0.1, 0.15) is 12.0 Å². The molecule has 1 aromatic heterocycles. The van der Waals surface area contributed by atoms with Crippen molar-refractivity contribution in [2.75, 3.05) is 5.32 Å². The third-order valence-electron chi connectivity index (χ3n) is 1.94. The van der Waals surface area contributed by atoms with Crippen molar-refractivity contribution >= 4 is 34.8 Å². The van der Waals surface area contributed by atoms with Gasteiger partial charge in [-0.05, 0) is 6.42 Å². The van der Waals surface area contributed by atoms with Gasteiger partial charge in [0.15, 0.2) is 10.3 Å². The van der Waals surface area contributed by atoms with E-state index in [0.29, 0.717) is 6.42 Å². The number of rotatable bonds is 4. The molecule has 5 nitrogen and oxygen atoms in total. The quantitative estimate of drug-likeness (QED) is 0.812. The fourth-order valence-corrected chi connectivity index (χ4v) is 1.51. The molecule has 0 aliphatic carbocycles. The fourth-order valence-electron chi connectivity index (χ4n) is 1.11. The van der Waals surface area contributed by atoms with E-state index in [1.54, 1.807) is 0 Å². The van der Waals surface area contributed by atoms with E-state index in [1.165, 1.54) is 6.33 Å². The Bertz CT molecular complexity index is 366. The number of carbonyl (C=O) groups excluding carboxylic acids is 1. The number of hydrogen-bond donors (Lipinski definition) is 2. The molecule has 0 aromatic carbocycles. The van der Waals surface area contributed by atoms with Crippen molar-refractivity contribution in [2.24, 2.45) is 5.73 Å². The maximum atomic E-state index is 11.6. The van der Waals surface area contributed by atoms with Crippen molar-refractivity contribution in [2.45, 2.75) is 25.8 Å². The van der Waals surface area contributed by atoms with Crippen LogP contribution in [0.4, 0.5) is 5.69 Å². The minimum absolute atomic E-state index is 0.0945. The lowest BCUT2D eigenvalue weighted by atomic mass is 10.2. The molecule has 7 heteroatoms. The van der Waals surface area contributed by atoms with Crippen LogP contribution in [0.15, 0.2) is 6.33 Å². The number of anilines is 1. The first-order chi connectivity index (χ1) is 7.56. The number of hydrogen-bond acceptors (Lipinski definition) is 4. The Morgan fingerprint density at radius 2 is 2.06 bits per heavy atom. The van der Waals surface area contributed by atoms with E-state index in [9.17, 15) is 4.79 Å². The number of halogens is 2. The van der Waals surface area contributed by atoms with Gasteiger partial charge < -0.3 is 11.1 Å². The van der Waals surface area contributed by atoms with Gasteiger partial charge in [0.25, 0.3) is 0 Å². The van der Waals surface area contributed by atoms with E-state index in [4.69, 9.17) is 28.9 Å². The highest BCUT2D eigenvalue weighted by Crippen LogP contribution is 2.25. The molecule has 0 saturated heterocycles. The van der Waals surface area contributed by atoms with Crippen LogP contribution in [0.2, 0.25) is 10.3 Å². The van der Waals surface area contributed by atoms with Gasteiger partial charge in [0.05, 0.1) is 6.04 Å². The molecule has 16 heavy (non-hydrogen) atoms. The summed E-state index contributed by atoms with van der Waals surface area (Å²) in [6, 6.07) is -0.586. The average molecular weight is 263 g/mol. The van der Waals surface area contributed by atoms with E-state index < -0.39 is 6.04 Å². The van der Waals surface area contributed by atoms with E-state index in [2.05, 4.69) is 15.3 Å². The summed E-state index contributed by atoms with van der Waals surface area (Å²) in [6.07, 6.45) is 2.63. The molecular formula is C9H12Cl2N4O. The monoisotopic (exact) mass is 262 g/mol. The summed E-state index contributed by atoms with van der Waals surface area (Å²) < 4.78 is 0. The van der Waals surface area contributed by atoms with Crippen LogP contribution < -0.4 is 11.1 Å². The topological polar surface area (TPSA) is 80.9 Å². The second-order valence-electron chi connectivity index (χ2n) is 3.21. The van der Waals surface area contributed by atoms with Crippen molar-refractivity contribution < 1.29 is 4.79 Å². The first kappa shape index (κ1) is 13.2. The second-order valence-corrected chi connectivity index (χ2v) is 3.93. The van der Waals surface area contributed by atoms with Crippen molar-refractivity contribution in [3.05, 3.63) is 16.6 Å². The molecule has 1 aromatic rings. The van der Waals surface area contributed by atoms with Gasteiger partial charge in [0, 0.05) is 0 Å². The Hall–Kier alpha value is -0.910. The van der Waals surface area contributed by atoms with Crippen LogP contribution >= 0.6 is 23.2 Å². The third kappa shape index (κ3) is 3.30. The van der Waals surface area contributed by atoms with Gasteiger partial charge in [-0.15, -0.1) is 0 Å². The fraction of sp³-hybridized carbons (Fsp3) is 0.444. The summed E-state index contributed by atoms with van der Waals surface area (Å²) in [5.74, 6) is -0.347. The zero-order valence-electron chi connectivity index (χ0n) is 8.70. The Balaban J connectivity index is 2.77. The minimum Gasteiger partial charge on any atom is -0.320 e. The van der Waals surface area contributed by atoms with Gasteiger partial charge in [0.2, 0.25) is 5.91 Å². The maximum Gasteiger partial charge on any atom is 0.241 e.